The van der Waals surface area contributed by atoms with Gasteiger partial charge in [0.05, 0.1) is 5.25 Å². The van der Waals surface area contributed by atoms with E-state index in [2.05, 4.69) is 28.8 Å². The van der Waals surface area contributed by atoms with Crippen molar-refractivity contribution in [2.24, 2.45) is 0 Å². The lowest BCUT2D eigenvalue weighted by molar-refractivity contribution is 0.811. The van der Waals surface area contributed by atoms with Crippen LogP contribution in [0.25, 0.3) is 0 Å². The van der Waals surface area contributed by atoms with Crippen LogP contribution in [-0.2, 0) is 6.42 Å². The van der Waals surface area contributed by atoms with Crippen molar-refractivity contribution in [1.82, 2.24) is 15.0 Å². The fraction of sp³-hybridized carbons (Fsp3) is 0.727. The molecule has 2 N–H and O–H groups in total. The zero-order chi connectivity index (χ0) is 12.4. The average molecular weight is 270 g/mol. The van der Waals surface area contributed by atoms with Gasteiger partial charge in [0.25, 0.3) is 0 Å². The number of hydrogen-bond acceptors (Lipinski definition) is 6. The highest BCUT2D eigenvalue weighted by molar-refractivity contribution is 8.07. The molecule has 0 amide bonds. The Balaban J connectivity index is 2.19. The number of aryl methyl sites for hydroxylation is 1. The van der Waals surface area contributed by atoms with Crippen LogP contribution < -0.4 is 5.73 Å². The molecule has 1 aliphatic rings. The quantitative estimate of drug-likeness (QED) is 0.889. The maximum Gasteiger partial charge on any atom is 0.223 e. The zero-order valence-electron chi connectivity index (χ0n) is 10.4. The molecule has 94 valence electrons. The normalized spacial score (nSPS) is 29.2. The minimum atomic E-state index is 0.349. The Hall–Kier alpha value is -0.490. The van der Waals surface area contributed by atoms with E-state index in [1.807, 2.05) is 30.4 Å². The number of anilines is 1. The summed E-state index contributed by atoms with van der Waals surface area (Å²) in [5.41, 5.74) is 5.73. The molecule has 3 atom stereocenters. The van der Waals surface area contributed by atoms with E-state index in [1.165, 1.54) is 0 Å². The van der Waals surface area contributed by atoms with Crippen LogP contribution in [0.15, 0.2) is 0 Å². The number of hydrogen-bond donors (Lipinski definition) is 1. The van der Waals surface area contributed by atoms with E-state index in [1.54, 1.807) is 0 Å². The number of nitrogen functional groups attached to an aromatic ring is 1. The molecule has 17 heavy (non-hydrogen) atoms. The van der Waals surface area contributed by atoms with Crippen molar-refractivity contribution in [2.45, 2.75) is 42.9 Å². The van der Waals surface area contributed by atoms with Gasteiger partial charge in [-0.15, -0.1) is 11.8 Å². The van der Waals surface area contributed by atoms with Crippen LogP contribution in [0.1, 0.15) is 37.7 Å². The molecule has 3 unspecified atom stereocenters. The first-order valence-electron chi connectivity index (χ1n) is 5.87. The minimum Gasteiger partial charge on any atom is -0.368 e. The third-order valence-corrected chi connectivity index (χ3v) is 6.26. The summed E-state index contributed by atoms with van der Waals surface area (Å²) in [4.78, 5) is 12.9. The lowest BCUT2D eigenvalue weighted by Gasteiger charge is -2.30. The SMILES string of the molecule is CCc1nc(N)nc(C2CSC(C)C(C)S2)n1. The standard InChI is InChI=1S/C11H18N4S2/c1-4-9-13-10(15-11(12)14-9)8-5-16-6(2)7(3)17-8/h6-8H,4-5H2,1-3H3,(H2,12,13,14,15). The van der Waals surface area contributed by atoms with Crippen molar-refractivity contribution in [1.29, 1.82) is 0 Å². The Bertz CT molecular complexity index is 399. The molecule has 1 aromatic heterocycles. The maximum atomic E-state index is 5.73. The summed E-state index contributed by atoms with van der Waals surface area (Å²) in [7, 11) is 0. The van der Waals surface area contributed by atoms with Gasteiger partial charge in [-0.05, 0) is 0 Å². The summed E-state index contributed by atoms with van der Waals surface area (Å²) in [5.74, 6) is 3.06. The molecular formula is C11H18N4S2. The highest BCUT2D eigenvalue weighted by Gasteiger charge is 2.28. The van der Waals surface area contributed by atoms with E-state index in [4.69, 9.17) is 5.73 Å². The first-order valence-corrected chi connectivity index (χ1v) is 7.86. The van der Waals surface area contributed by atoms with Gasteiger partial charge in [0, 0.05) is 22.7 Å². The molecule has 1 saturated heterocycles. The Kier molecular flexibility index (Phi) is 4.14. The van der Waals surface area contributed by atoms with E-state index >= 15 is 0 Å². The molecule has 2 heterocycles. The van der Waals surface area contributed by atoms with E-state index in [9.17, 15) is 0 Å². The number of nitrogens with zero attached hydrogens (tertiary/aromatic N) is 3. The summed E-state index contributed by atoms with van der Waals surface area (Å²) < 4.78 is 0. The van der Waals surface area contributed by atoms with Gasteiger partial charge in [-0.1, -0.05) is 20.8 Å². The van der Waals surface area contributed by atoms with Crippen LogP contribution in [0.2, 0.25) is 0 Å². The molecule has 0 bridgehead atoms. The predicted molar refractivity (Wildman–Crippen MR) is 75.3 cm³/mol. The predicted octanol–water partition coefficient (Wildman–Crippen LogP) is 2.31. The molecule has 0 radical (unpaired) electrons. The van der Waals surface area contributed by atoms with Crippen LogP contribution in [-0.4, -0.2) is 31.2 Å². The Morgan fingerprint density at radius 2 is 2.00 bits per heavy atom. The monoisotopic (exact) mass is 270 g/mol. The van der Waals surface area contributed by atoms with E-state index in [0.717, 1.165) is 23.8 Å². The smallest absolute Gasteiger partial charge is 0.223 e. The fourth-order valence-corrected chi connectivity index (χ4v) is 4.52. The summed E-state index contributed by atoms with van der Waals surface area (Å²) in [6.07, 6.45) is 0.802. The molecule has 0 spiro atoms. The molecule has 0 aromatic carbocycles. The van der Waals surface area contributed by atoms with Crippen molar-refractivity contribution in [2.75, 3.05) is 11.5 Å². The first kappa shape index (κ1) is 13.0. The Morgan fingerprint density at radius 3 is 2.65 bits per heavy atom. The molecule has 1 fully saturated rings. The van der Waals surface area contributed by atoms with Crippen molar-refractivity contribution >= 4 is 29.5 Å². The van der Waals surface area contributed by atoms with Gasteiger partial charge in [0.15, 0.2) is 0 Å². The van der Waals surface area contributed by atoms with Crippen molar-refractivity contribution in [3.05, 3.63) is 11.6 Å². The molecule has 2 rings (SSSR count). The largest absolute Gasteiger partial charge is 0.368 e. The molecule has 0 saturated carbocycles. The van der Waals surface area contributed by atoms with Gasteiger partial charge in [-0.2, -0.15) is 21.7 Å². The van der Waals surface area contributed by atoms with E-state index < -0.39 is 0 Å². The first-order chi connectivity index (χ1) is 8.10. The van der Waals surface area contributed by atoms with Crippen molar-refractivity contribution in [3.8, 4) is 0 Å². The fourth-order valence-electron chi connectivity index (χ4n) is 1.68. The molecule has 6 heteroatoms. The Morgan fingerprint density at radius 1 is 1.24 bits per heavy atom. The van der Waals surface area contributed by atoms with Gasteiger partial charge >= 0.3 is 0 Å². The van der Waals surface area contributed by atoms with Crippen molar-refractivity contribution < 1.29 is 0 Å². The second-order valence-electron chi connectivity index (χ2n) is 4.19. The molecule has 1 aliphatic heterocycles. The van der Waals surface area contributed by atoms with Gasteiger partial charge < -0.3 is 5.73 Å². The number of thioether (sulfide) groups is 2. The van der Waals surface area contributed by atoms with Crippen LogP contribution in [0.5, 0.6) is 0 Å². The molecule has 4 nitrogen and oxygen atoms in total. The number of rotatable bonds is 2. The number of aromatic nitrogens is 3. The van der Waals surface area contributed by atoms with Crippen LogP contribution in [0.4, 0.5) is 5.95 Å². The van der Waals surface area contributed by atoms with E-state index in [0.29, 0.717) is 21.7 Å². The summed E-state index contributed by atoms with van der Waals surface area (Å²) in [5, 5.41) is 1.67. The highest BCUT2D eigenvalue weighted by atomic mass is 32.2. The molecule has 1 aromatic rings. The topological polar surface area (TPSA) is 64.7 Å². The van der Waals surface area contributed by atoms with Gasteiger partial charge in [0.1, 0.15) is 11.6 Å². The van der Waals surface area contributed by atoms with E-state index in [-0.39, 0.29) is 0 Å². The second-order valence-corrected chi connectivity index (χ2v) is 7.18. The summed E-state index contributed by atoms with van der Waals surface area (Å²) in [6, 6.07) is 0. The third kappa shape index (κ3) is 3.04. The highest BCUT2D eigenvalue weighted by Crippen LogP contribution is 2.43. The summed E-state index contributed by atoms with van der Waals surface area (Å²) >= 11 is 3.93. The van der Waals surface area contributed by atoms with Crippen LogP contribution in [0.3, 0.4) is 0 Å². The van der Waals surface area contributed by atoms with Gasteiger partial charge in [0.2, 0.25) is 5.95 Å². The molecule has 0 aliphatic carbocycles. The van der Waals surface area contributed by atoms with Crippen LogP contribution in [0, 0.1) is 0 Å². The molecular weight excluding hydrogens is 252 g/mol. The minimum absolute atomic E-state index is 0.349. The van der Waals surface area contributed by atoms with Gasteiger partial charge in [-0.25, -0.2) is 4.98 Å². The lowest BCUT2D eigenvalue weighted by atomic mass is 10.3. The Labute approximate surface area is 111 Å². The van der Waals surface area contributed by atoms with Crippen molar-refractivity contribution in [3.63, 3.8) is 0 Å². The second kappa shape index (κ2) is 5.44. The number of nitrogens with two attached hydrogens (primary N) is 1. The zero-order valence-corrected chi connectivity index (χ0v) is 12.0. The van der Waals surface area contributed by atoms with Crippen LogP contribution >= 0.6 is 23.5 Å². The average Bonchev–Trinajstić information content (AvgIpc) is 2.32. The lowest BCUT2D eigenvalue weighted by Crippen LogP contribution is -2.23. The third-order valence-electron chi connectivity index (χ3n) is 2.87. The summed E-state index contributed by atoms with van der Waals surface area (Å²) in [6.45, 7) is 6.57. The maximum absolute atomic E-state index is 5.73. The van der Waals surface area contributed by atoms with Gasteiger partial charge in [-0.3, -0.25) is 0 Å².